The second kappa shape index (κ2) is 24.4. The first-order valence-corrected chi connectivity index (χ1v) is 29.0. The van der Waals surface area contributed by atoms with Crippen molar-refractivity contribution in [2.24, 2.45) is 5.41 Å². The topological polar surface area (TPSA) is 264 Å². The number of nitrogens with zero attached hydrogens (tertiary/aromatic N) is 8. The van der Waals surface area contributed by atoms with Crippen molar-refractivity contribution in [1.29, 1.82) is 0 Å². The number of thiazole rings is 1. The van der Waals surface area contributed by atoms with Gasteiger partial charge in [0.2, 0.25) is 23.6 Å². The summed E-state index contributed by atoms with van der Waals surface area (Å²) in [5, 5.41) is 32.3. The maximum atomic E-state index is 15.7. The van der Waals surface area contributed by atoms with Crippen LogP contribution in [0, 0.1) is 18.2 Å². The highest BCUT2D eigenvalue weighted by Crippen LogP contribution is 2.42. The molecule has 2 saturated heterocycles. The molecule has 21 nitrogen and oxygen atoms in total. The molecule has 4 aromatic heterocycles. The zero-order valence-corrected chi connectivity index (χ0v) is 47.3. The Morgan fingerprint density at radius 1 is 0.902 bits per heavy atom. The third-order valence-electron chi connectivity index (χ3n) is 15.7. The van der Waals surface area contributed by atoms with Crippen molar-refractivity contribution in [3.05, 3.63) is 101 Å². The van der Waals surface area contributed by atoms with E-state index >= 15 is 4.39 Å². The summed E-state index contributed by atoms with van der Waals surface area (Å²) in [6, 6.07) is 8.71. The summed E-state index contributed by atoms with van der Waals surface area (Å²) in [5.41, 5.74) is 4.79. The van der Waals surface area contributed by atoms with Gasteiger partial charge in [-0.3, -0.25) is 43.2 Å². The quantitative estimate of drug-likeness (QED) is 0.0402. The van der Waals surface area contributed by atoms with Gasteiger partial charge in [0.15, 0.2) is 17.1 Å². The third kappa shape index (κ3) is 13.5. The van der Waals surface area contributed by atoms with Crippen LogP contribution in [-0.4, -0.2) is 161 Å². The number of amides is 6. The van der Waals surface area contributed by atoms with Crippen LogP contribution in [0.4, 0.5) is 20.3 Å². The van der Waals surface area contributed by atoms with Crippen LogP contribution in [-0.2, 0) is 24.0 Å². The Labute approximate surface area is 477 Å². The maximum Gasteiger partial charge on any atom is 0.258 e. The zero-order chi connectivity index (χ0) is 57.9. The molecule has 6 aromatic rings. The van der Waals surface area contributed by atoms with Gasteiger partial charge in [0.05, 0.1) is 70.7 Å². The van der Waals surface area contributed by atoms with Gasteiger partial charge in [0.1, 0.15) is 17.9 Å². The summed E-state index contributed by atoms with van der Waals surface area (Å²) in [5.74, 6) is -2.71. The number of unbranched alkanes of at least 4 members (excludes halogenated alkanes) is 2. The first-order chi connectivity index (χ1) is 39.3. The summed E-state index contributed by atoms with van der Waals surface area (Å²) < 4.78 is 32.4. The Bertz CT molecular complexity index is 3310. The number of aliphatic hydroxyl groups is 1. The van der Waals surface area contributed by atoms with E-state index in [1.165, 1.54) is 28.4 Å². The highest BCUT2D eigenvalue weighted by molar-refractivity contribution is 7.13. The molecular formula is C58H70F2N14O7S. The third-order valence-corrected chi connectivity index (χ3v) is 16.6. The summed E-state index contributed by atoms with van der Waals surface area (Å²) in [7, 11) is 0. The van der Waals surface area contributed by atoms with Crippen LogP contribution < -0.4 is 26.6 Å². The molecule has 2 aromatic carbocycles. The van der Waals surface area contributed by atoms with Gasteiger partial charge >= 0.3 is 0 Å². The number of nitrogens with one attached hydrogen (secondary N) is 6. The molecular weight excluding hydrogens is 1070 g/mol. The molecule has 7 N–H and O–H groups in total. The number of aromatic nitrogens is 6. The number of carbonyl (C=O) groups excluding carboxylic acids is 6. The van der Waals surface area contributed by atoms with Gasteiger partial charge in [0.25, 0.3) is 11.8 Å². The molecule has 4 fully saturated rings. The first kappa shape index (κ1) is 57.5. The van der Waals surface area contributed by atoms with Gasteiger partial charge in [-0.15, -0.1) is 11.3 Å². The average Bonchev–Trinajstić information content (AvgIpc) is 4.26. The molecule has 82 heavy (non-hydrogen) atoms. The van der Waals surface area contributed by atoms with E-state index in [0.717, 1.165) is 45.9 Å². The molecule has 0 spiro atoms. The molecule has 6 heterocycles. The molecule has 10 rings (SSSR count). The molecule has 2 aliphatic heterocycles. The number of imidazole rings is 1. The van der Waals surface area contributed by atoms with E-state index in [1.54, 1.807) is 55.8 Å². The predicted octanol–water partition coefficient (Wildman–Crippen LogP) is 5.71. The number of carbonyl (C=O) groups is 6. The Kier molecular flexibility index (Phi) is 17.1. The molecule has 2 saturated carbocycles. The summed E-state index contributed by atoms with van der Waals surface area (Å²) in [6.45, 7) is 9.57. The van der Waals surface area contributed by atoms with Gasteiger partial charge in [-0.05, 0) is 86.6 Å². The number of likely N-dealkylation sites (tertiary alicyclic amines) is 1. The second-order valence-corrected chi connectivity index (χ2v) is 23.9. The number of β-amino-alcohol motifs (C(OH)–C–C–N with tert-alkyl or cyclic N) is 1. The van der Waals surface area contributed by atoms with E-state index in [2.05, 4.69) is 46.7 Å². The van der Waals surface area contributed by atoms with Gasteiger partial charge in [-0.1, -0.05) is 45.0 Å². The molecule has 24 heteroatoms. The van der Waals surface area contributed by atoms with Crippen LogP contribution in [0.2, 0.25) is 0 Å². The fourth-order valence-corrected chi connectivity index (χ4v) is 11.3. The number of halogens is 2. The second-order valence-electron chi connectivity index (χ2n) is 23.0. The van der Waals surface area contributed by atoms with Crippen LogP contribution in [0.3, 0.4) is 0 Å². The molecule has 2 aliphatic carbocycles. The average molecular weight is 1150 g/mol. The van der Waals surface area contributed by atoms with Crippen LogP contribution in [0.15, 0.2) is 72.8 Å². The van der Waals surface area contributed by atoms with Crippen LogP contribution >= 0.6 is 11.3 Å². The molecule has 4 atom stereocenters. The summed E-state index contributed by atoms with van der Waals surface area (Å²) >= 11 is 1.50. The van der Waals surface area contributed by atoms with E-state index in [9.17, 15) is 38.3 Å². The van der Waals surface area contributed by atoms with Crippen molar-refractivity contribution in [3.8, 4) is 21.7 Å². The van der Waals surface area contributed by atoms with E-state index in [1.807, 2.05) is 46.7 Å². The lowest BCUT2D eigenvalue weighted by Gasteiger charge is -2.36. The number of hydrogen-bond acceptors (Lipinski definition) is 14. The lowest BCUT2D eigenvalue weighted by molar-refractivity contribution is -0.145. The number of anilines is 2. The zero-order valence-electron chi connectivity index (χ0n) is 46.5. The molecule has 0 radical (unpaired) electrons. The molecule has 0 unspecified atom stereocenters. The van der Waals surface area contributed by atoms with Crippen LogP contribution in [0.1, 0.15) is 118 Å². The summed E-state index contributed by atoms with van der Waals surface area (Å²) in [6.07, 6.45) is 10.2. The highest BCUT2D eigenvalue weighted by atomic mass is 32.1. The Morgan fingerprint density at radius 3 is 2.28 bits per heavy atom. The Balaban J connectivity index is 0.660. The predicted molar refractivity (Wildman–Crippen MR) is 303 cm³/mol. The van der Waals surface area contributed by atoms with Crippen LogP contribution in [0.25, 0.3) is 27.3 Å². The van der Waals surface area contributed by atoms with Crippen molar-refractivity contribution in [3.63, 3.8) is 0 Å². The Morgan fingerprint density at radius 2 is 1.63 bits per heavy atom. The minimum absolute atomic E-state index is 0.0684. The largest absolute Gasteiger partial charge is 0.391 e. The molecule has 6 amide bonds. The monoisotopic (exact) mass is 1140 g/mol. The number of aliphatic hydroxyl groups excluding tert-OH is 1. The van der Waals surface area contributed by atoms with Crippen molar-refractivity contribution in [1.82, 2.24) is 65.5 Å². The Hall–Kier alpha value is -7.70. The van der Waals surface area contributed by atoms with Gasteiger partial charge in [-0.25, -0.2) is 23.7 Å². The SMILES string of the molecule is Cc1ncsc1-c1ccc([C@H](CC(=O)NCCCCCNC(=O)CN2CCN(C(=O)c3ccc(Nc4nc(C5CC5)cn5c(-c6cn[nH]c6)cnc45)c(F)c3)CC2)NC(=O)[C@@H]2C[C@@H](O)CN2C(=O)[C@@H](NC(=O)C2(F)CC2)C(C)(C)C)cc1. The number of H-pyrrole nitrogens is 1. The van der Waals surface area contributed by atoms with Gasteiger partial charge in [-0.2, -0.15) is 5.10 Å². The number of aryl methyl sites for hydroxylation is 1. The number of fused-ring (bicyclic) bond motifs is 1. The standard InChI is InChI=1S/C58H70F2N14O7S/c1-34-49(82-33-64-34)37-12-10-35(11-13-37)43(69-53(78)45-25-40(75)30-74(45)55(80)50(57(2,3)4)70-56(81)58(60)16-17-58)26-47(76)61-18-6-5-7-19-62-48(77)32-71-20-22-72(23-21-71)54(79)38-14-15-42(41(59)24-38)67-51-52-63-29-46(39-27-65-66-28-39)73(52)31-44(68-51)36-8-9-36/h10-15,24,27-29,31,33,36,40,43,45,50,75H,5-9,16-23,25-26,30,32H2,1-4H3,(H,61,76)(H,62,77)(H,65,66)(H,67,68)(H,69,78)(H,70,81)/t40-,43+,45+,50-/m1/s1. The smallest absolute Gasteiger partial charge is 0.258 e. The number of alkyl halides is 1. The van der Waals surface area contributed by atoms with E-state index in [-0.39, 0.29) is 67.7 Å². The lowest BCUT2D eigenvalue weighted by atomic mass is 9.85. The van der Waals surface area contributed by atoms with E-state index in [4.69, 9.17) is 4.98 Å². The fraction of sp³-hybridized carbons (Fsp3) is 0.483. The first-order valence-electron chi connectivity index (χ1n) is 28.1. The minimum Gasteiger partial charge on any atom is -0.391 e. The molecule has 4 aliphatic rings. The fourth-order valence-electron chi connectivity index (χ4n) is 10.5. The number of hydrogen-bond donors (Lipinski definition) is 7. The van der Waals surface area contributed by atoms with Crippen molar-refractivity contribution < 1.29 is 42.7 Å². The number of benzene rings is 2. The van der Waals surface area contributed by atoms with E-state index < -0.39 is 58.9 Å². The summed E-state index contributed by atoms with van der Waals surface area (Å²) in [4.78, 5) is 101. The normalized spacial score (nSPS) is 18.7. The number of piperazine rings is 1. The van der Waals surface area contributed by atoms with Crippen LogP contribution in [0.5, 0.6) is 0 Å². The van der Waals surface area contributed by atoms with Crippen molar-refractivity contribution in [2.45, 2.75) is 121 Å². The van der Waals surface area contributed by atoms with Crippen molar-refractivity contribution >= 4 is 63.9 Å². The number of aromatic amines is 1. The molecule has 0 bridgehead atoms. The maximum absolute atomic E-state index is 15.7. The minimum atomic E-state index is -2.02. The van der Waals surface area contributed by atoms with E-state index in [0.29, 0.717) is 81.5 Å². The van der Waals surface area contributed by atoms with Gasteiger partial charge in [0, 0.05) is 81.7 Å². The highest BCUT2D eigenvalue weighted by Gasteiger charge is 2.53. The lowest BCUT2D eigenvalue weighted by Crippen LogP contribution is -2.59. The molecule has 434 valence electrons. The van der Waals surface area contributed by atoms with Crippen molar-refractivity contribution in [2.75, 3.05) is 57.7 Å². The number of rotatable bonds is 22. The van der Waals surface area contributed by atoms with Gasteiger partial charge < -0.3 is 41.5 Å².